The SMILES string of the molecule is CCCC(c1nnnn1C(C)C)N1CCN(C2CCCC2)CC1. The van der Waals surface area contributed by atoms with Crippen molar-refractivity contribution in [1.82, 2.24) is 30.0 Å². The normalized spacial score (nSPS) is 23.0. The second-order valence-corrected chi connectivity index (χ2v) is 7.39. The summed E-state index contributed by atoms with van der Waals surface area (Å²) in [4.78, 5) is 5.33. The third-order valence-corrected chi connectivity index (χ3v) is 5.50. The van der Waals surface area contributed by atoms with E-state index in [9.17, 15) is 0 Å². The minimum atomic E-state index is 0.319. The maximum absolute atomic E-state index is 4.37. The van der Waals surface area contributed by atoms with Crippen LogP contribution in [0.5, 0.6) is 0 Å². The minimum Gasteiger partial charge on any atom is -0.298 e. The molecule has 1 aliphatic heterocycles. The molecular weight excluding hydrogens is 288 g/mol. The molecular formula is C17H32N6. The fourth-order valence-electron chi connectivity index (χ4n) is 4.22. The largest absolute Gasteiger partial charge is 0.298 e. The molecule has 1 aliphatic carbocycles. The Labute approximate surface area is 140 Å². The average Bonchev–Trinajstić information content (AvgIpc) is 3.24. The van der Waals surface area contributed by atoms with Gasteiger partial charge < -0.3 is 0 Å². The first-order valence-electron chi connectivity index (χ1n) is 9.46. The summed E-state index contributed by atoms with van der Waals surface area (Å²) in [7, 11) is 0. The molecule has 0 amide bonds. The van der Waals surface area contributed by atoms with Crippen molar-refractivity contribution < 1.29 is 0 Å². The lowest BCUT2D eigenvalue weighted by Gasteiger charge is -2.41. The third kappa shape index (κ3) is 3.74. The Kier molecular flexibility index (Phi) is 5.64. The van der Waals surface area contributed by atoms with Crippen LogP contribution < -0.4 is 0 Å². The van der Waals surface area contributed by atoms with E-state index in [1.807, 2.05) is 4.68 Å². The summed E-state index contributed by atoms with van der Waals surface area (Å²) in [6.07, 6.45) is 7.96. The van der Waals surface area contributed by atoms with Gasteiger partial charge in [0.25, 0.3) is 0 Å². The standard InChI is InChI=1S/C17H32N6/c1-4-7-16(17-18-19-20-23(17)14(2)3)22-12-10-21(11-13-22)15-8-5-6-9-15/h14-16H,4-13H2,1-3H3. The van der Waals surface area contributed by atoms with Crippen LogP contribution in [0, 0.1) is 0 Å². The summed E-state index contributed by atoms with van der Waals surface area (Å²) in [6.45, 7) is 11.3. The van der Waals surface area contributed by atoms with Crippen LogP contribution >= 0.6 is 0 Å². The zero-order valence-electron chi connectivity index (χ0n) is 15.0. The van der Waals surface area contributed by atoms with Gasteiger partial charge in [-0.1, -0.05) is 26.2 Å². The molecule has 0 aromatic carbocycles. The predicted octanol–water partition coefficient (Wildman–Crippen LogP) is 2.66. The second-order valence-electron chi connectivity index (χ2n) is 7.39. The maximum atomic E-state index is 4.37. The number of rotatable bonds is 6. The molecule has 0 N–H and O–H groups in total. The summed E-state index contributed by atoms with van der Waals surface area (Å²) >= 11 is 0. The van der Waals surface area contributed by atoms with Crippen molar-refractivity contribution in [2.75, 3.05) is 26.2 Å². The minimum absolute atomic E-state index is 0.319. The Morgan fingerprint density at radius 1 is 1.09 bits per heavy atom. The predicted molar refractivity (Wildman–Crippen MR) is 91.3 cm³/mol. The van der Waals surface area contributed by atoms with Gasteiger partial charge in [-0.05, 0) is 43.5 Å². The van der Waals surface area contributed by atoms with Gasteiger partial charge in [0.2, 0.25) is 0 Å². The van der Waals surface area contributed by atoms with Gasteiger partial charge in [0, 0.05) is 32.2 Å². The number of hydrogen-bond donors (Lipinski definition) is 0. The molecule has 1 aromatic heterocycles. The van der Waals surface area contributed by atoms with Gasteiger partial charge in [0.05, 0.1) is 12.1 Å². The zero-order valence-corrected chi connectivity index (χ0v) is 15.0. The van der Waals surface area contributed by atoms with Crippen LogP contribution in [0.25, 0.3) is 0 Å². The summed E-state index contributed by atoms with van der Waals surface area (Å²) in [5.41, 5.74) is 0. The average molecular weight is 320 g/mol. The van der Waals surface area contributed by atoms with E-state index in [-0.39, 0.29) is 0 Å². The Hall–Kier alpha value is -1.01. The van der Waals surface area contributed by atoms with E-state index in [1.54, 1.807) is 0 Å². The second kappa shape index (κ2) is 7.71. The van der Waals surface area contributed by atoms with E-state index in [1.165, 1.54) is 45.2 Å². The van der Waals surface area contributed by atoms with Crippen molar-refractivity contribution in [3.63, 3.8) is 0 Å². The van der Waals surface area contributed by atoms with Gasteiger partial charge in [-0.2, -0.15) is 0 Å². The van der Waals surface area contributed by atoms with Gasteiger partial charge in [0.15, 0.2) is 5.82 Å². The molecule has 0 spiro atoms. The lowest BCUT2D eigenvalue weighted by atomic mass is 10.1. The highest BCUT2D eigenvalue weighted by molar-refractivity contribution is 4.96. The van der Waals surface area contributed by atoms with Gasteiger partial charge in [-0.3, -0.25) is 9.80 Å². The van der Waals surface area contributed by atoms with E-state index in [2.05, 4.69) is 46.1 Å². The molecule has 2 heterocycles. The van der Waals surface area contributed by atoms with Gasteiger partial charge in [0.1, 0.15) is 0 Å². The molecule has 130 valence electrons. The van der Waals surface area contributed by atoms with Crippen LogP contribution in [0.15, 0.2) is 0 Å². The van der Waals surface area contributed by atoms with E-state index in [0.717, 1.165) is 31.4 Å². The van der Waals surface area contributed by atoms with Crippen LogP contribution in [0.2, 0.25) is 0 Å². The molecule has 1 saturated carbocycles. The highest BCUT2D eigenvalue weighted by Gasteiger charge is 2.31. The monoisotopic (exact) mass is 320 g/mol. The number of tetrazole rings is 1. The molecule has 6 nitrogen and oxygen atoms in total. The highest BCUT2D eigenvalue weighted by atomic mass is 15.6. The molecule has 2 fully saturated rings. The molecule has 1 unspecified atom stereocenters. The van der Waals surface area contributed by atoms with E-state index in [0.29, 0.717) is 12.1 Å². The Morgan fingerprint density at radius 2 is 1.78 bits per heavy atom. The van der Waals surface area contributed by atoms with Crippen molar-refractivity contribution in [2.24, 2.45) is 0 Å². The Balaban J connectivity index is 1.66. The van der Waals surface area contributed by atoms with E-state index >= 15 is 0 Å². The molecule has 0 bridgehead atoms. The molecule has 3 rings (SSSR count). The first-order valence-corrected chi connectivity index (χ1v) is 9.46. The summed E-state index contributed by atoms with van der Waals surface area (Å²) < 4.78 is 2.00. The van der Waals surface area contributed by atoms with Crippen LogP contribution in [0.3, 0.4) is 0 Å². The van der Waals surface area contributed by atoms with E-state index in [4.69, 9.17) is 0 Å². The van der Waals surface area contributed by atoms with Crippen molar-refractivity contribution in [1.29, 1.82) is 0 Å². The lowest BCUT2D eigenvalue weighted by Crippen LogP contribution is -2.50. The molecule has 1 aromatic rings. The van der Waals surface area contributed by atoms with Crippen molar-refractivity contribution in [2.45, 2.75) is 77.4 Å². The summed E-state index contributed by atoms with van der Waals surface area (Å²) in [5.74, 6) is 1.05. The molecule has 1 saturated heterocycles. The highest BCUT2D eigenvalue weighted by Crippen LogP contribution is 2.29. The smallest absolute Gasteiger partial charge is 0.168 e. The fourth-order valence-corrected chi connectivity index (χ4v) is 4.22. The van der Waals surface area contributed by atoms with E-state index < -0.39 is 0 Å². The number of aromatic nitrogens is 4. The summed E-state index contributed by atoms with van der Waals surface area (Å²) in [6, 6.07) is 1.53. The molecule has 2 aliphatic rings. The fraction of sp³-hybridized carbons (Fsp3) is 0.941. The summed E-state index contributed by atoms with van der Waals surface area (Å²) in [5, 5.41) is 12.5. The van der Waals surface area contributed by atoms with Crippen LogP contribution in [0.4, 0.5) is 0 Å². The molecule has 0 radical (unpaired) electrons. The topological polar surface area (TPSA) is 50.1 Å². The first kappa shape index (κ1) is 16.8. The van der Waals surface area contributed by atoms with Crippen LogP contribution in [-0.4, -0.2) is 62.2 Å². The van der Waals surface area contributed by atoms with Crippen molar-refractivity contribution >= 4 is 0 Å². The molecule has 1 atom stereocenters. The van der Waals surface area contributed by atoms with Crippen LogP contribution in [-0.2, 0) is 0 Å². The van der Waals surface area contributed by atoms with Crippen LogP contribution in [0.1, 0.15) is 77.2 Å². The number of nitrogens with zero attached hydrogens (tertiary/aromatic N) is 6. The quantitative estimate of drug-likeness (QED) is 0.806. The molecule has 6 heteroatoms. The first-order chi connectivity index (χ1) is 11.2. The Morgan fingerprint density at radius 3 is 2.39 bits per heavy atom. The van der Waals surface area contributed by atoms with Crippen molar-refractivity contribution in [3.8, 4) is 0 Å². The number of piperazine rings is 1. The lowest BCUT2D eigenvalue weighted by molar-refractivity contribution is 0.0622. The van der Waals surface area contributed by atoms with Crippen molar-refractivity contribution in [3.05, 3.63) is 5.82 Å². The van der Waals surface area contributed by atoms with Gasteiger partial charge in [-0.15, -0.1) is 5.10 Å². The van der Waals surface area contributed by atoms with Gasteiger partial charge >= 0.3 is 0 Å². The zero-order chi connectivity index (χ0) is 16.2. The molecule has 23 heavy (non-hydrogen) atoms. The Bertz CT molecular complexity index is 471. The van der Waals surface area contributed by atoms with Gasteiger partial charge in [-0.25, -0.2) is 4.68 Å². The maximum Gasteiger partial charge on any atom is 0.168 e. The third-order valence-electron chi connectivity index (χ3n) is 5.50. The number of hydrogen-bond acceptors (Lipinski definition) is 5.